The standard InChI is InChI=1S/C30H30N2O4/c1-3-4-18-35-27-7-5-6-25(31-27)19-26-20(2)32-36-28(26)23-10-8-21(9-11-23)22-12-14-24(15-13-22)30(16-17-30)29(33)34/h5-15H,3-4,16-19H2,1-2H3,(H,33,34). The number of carboxylic acid groups (broad SMARTS) is 1. The zero-order chi connectivity index (χ0) is 25.1. The van der Waals surface area contributed by atoms with Crippen LogP contribution in [0.1, 0.15) is 55.1 Å². The van der Waals surface area contributed by atoms with E-state index >= 15 is 0 Å². The van der Waals surface area contributed by atoms with Crippen LogP contribution in [0.5, 0.6) is 5.88 Å². The number of pyridine rings is 1. The molecular weight excluding hydrogens is 452 g/mol. The van der Waals surface area contributed by atoms with Crippen LogP contribution in [0, 0.1) is 6.92 Å². The third-order valence-electron chi connectivity index (χ3n) is 6.95. The number of nitrogens with zero attached hydrogens (tertiary/aromatic N) is 2. The molecule has 0 aliphatic heterocycles. The molecule has 0 atom stereocenters. The van der Waals surface area contributed by atoms with Crippen LogP contribution in [0.2, 0.25) is 0 Å². The number of hydrogen-bond donors (Lipinski definition) is 1. The Bertz CT molecular complexity index is 1350. The first-order valence-electron chi connectivity index (χ1n) is 12.5. The zero-order valence-electron chi connectivity index (χ0n) is 20.7. The maximum Gasteiger partial charge on any atom is 0.314 e. The van der Waals surface area contributed by atoms with Gasteiger partial charge >= 0.3 is 5.97 Å². The number of aliphatic carboxylic acids is 1. The van der Waals surface area contributed by atoms with Gasteiger partial charge in [0.05, 0.1) is 17.7 Å². The first-order valence-corrected chi connectivity index (χ1v) is 12.5. The third kappa shape index (κ3) is 4.76. The van der Waals surface area contributed by atoms with Crippen LogP contribution in [0.4, 0.5) is 0 Å². The number of aromatic nitrogens is 2. The Morgan fingerprint density at radius 2 is 1.67 bits per heavy atom. The molecule has 2 heterocycles. The summed E-state index contributed by atoms with van der Waals surface area (Å²) >= 11 is 0. The molecule has 6 nitrogen and oxygen atoms in total. The highest BCUT2D eigenvalue weighted by molar-refractivity contribution is 5.85. The van der Waals surface area contributed by atoms with Crippen molar-refractivity contribution in [1.29, 1.82) is 0 Å². The van der Waals surface area contributed by atoms with Gasteiger partial charge in [0.1, 0.15) is 0 Å². The Kier molecular flexibility index (Phi) is 6.59. The van der Waals surface area contributed by atoms with Gasteiger partial charge in [-0.1, -0.05) is 73.1 Å². The highest BCUT2D eigenvalue weighted by atomic mass is 16.5. The molecular formula is C30H30N2O4. The van der Waals surface area contributed by atoms with Crippen LogP contribution in [0.15, 0.2) is 71.3 Å². The maximum absolute atomic E-state index is 11.6. The largest absolute Gasteiger partial charge is 0.481 e. The molecule has 1 aliphatic carbocycles. The predicted octanol–water partition coefficient (Wildman–Crippen LogP) is 6.60. The van der Waals surface area contributed by atoms with Crippen molar-refractivity contribution in [2.24, 2.45) is 0 Å². The second kappa shape index (κ2) is 9.97. The lowest BCUT2D eigenvalue weighted by atomic mass is 9.93. The molecule has 0 amide bonds. The van der Waals surface area contributed by atoms with Crippen LogP contribution in [0.3, 0.4) is 0 Å². The molecule has 0 spiro atoms. The first-order chi connectivity index (χ1) is 17.5. The van der Waals surface area contributed by atoms with Crippen molar-refractivity contribution >= 4 is 5.97 Å². The summed E-state index contributed by atoms with van der Waals surface area (Å²) in [5, 5.41) is 13.8. The van der Waals surface area contributed by atoms with Gasteiger partial charge in [0, 0.05) is 29.3 Å². The van der Waals surface area contributed by atoms with Crippen LogP contribution in [-0.4, -0.2) is 27.8 Å². The topological polar surface area (TPSA) is 85.5 Å². The summed E-state index contributed by atoms with van der Waals surface area (Å²) in [4.78, 5) is 16.3. The van der Waals surface area contributed by atoms with Crippen molar-refractivity contribution in [3.63, 3.8) is 0 Å². The van der Waals surface area contributed by atoms with Crippen LogP contribution < -0.4 is 4.74 Å². The molecule has 0 bridgehead atoms. The molecule has 0 saturated heterocycles. The minimum Gasteiger partial charge on any atom is -0.481 e. The molecule has 184 valence electrons. The Hall–Kier alpha value is -3.93. The fraction of sp³-hybridized carbons (Fsp3) is 0.300. The summed E-state index contributed by atoms with van der Waals surface area (Å²) in [5.41, 5.74) is 6.01. The Morgan fingerprint density at radius 1 is 1.00 bits per heavy atom. The summed E-state index contributed by atoms with van der Waals surface area (Å²) in [6.45, 7) is 4.75. The summed E-state index contributed by atoms with van der Waals surface area (Å²) in [5.74, 6) is 0.650. The first kappa shape index (κ1) is 23.8. The number of aryl methyl sites for hydroxylation is 1. The number of carboxylic acids is 1. The van der Waals surface area contributed by atoms with E-state index in [-0.39, 0.29) is 0 Å². The summed E-state index contributed by atoms with van der Waals surface area (Å²) in [7, 11) is 0. The Labute approximate surface area is 211 Å². The number of carbonyl (C=O) groups is 1. The second-order valence-electron chi connectivity index (χ2n) is 9.46. The monoisotopic (exact) mass is 482 g/mol. The zero-order valence-corrected chi connectivity index (χ0v) is 20.7. The Morgan fingerprint density at radius 3 is 2.31 bits per heavy atom. The van der Waals surface area contributed by atoms with Crippen LogP contribution in [-0.2, 0) is 16.6 Å². The van der Waals surface area contributed by atoms with Gasteiger partial charge in [-0.2, -0.15) is 0 Å². The number of rotatable bonds is 10. The molecule has 1 saturated carbocycles. The molecule has 2 aromatic heterocycles. The van der Waals surface area contributed by atoms with Gasteiger partial charge in [0.25, 0.3) is 0 Å². The van der Waals surface area contributed by atoms with E-state index in [0.29, 0.717) is 31.7 Å². The van der Waals surface area contributed by atoms with E-state index in [1.54, 1.807) is 0 Å². The average Bonchev–Trinajstić information content (AvgIpc) is 3.64. The van der Waals surface area contributed by atoms with Crippen molar-refractivity contribution in [3.8, 4) is 28.3 Å². The summed E-state index contributed by atoms with van der Waals surface area (Å²) < 4.78 is 11.5. The molecule has 1 fully saturated rings. The average molecular weight is 483 g/mol. The van der Waals surface area contributed by atoms with E-state index in [1.165, 1.54) is 0 Å². The molecule has 4 aromatic rings. The smallest absolute Gasteiger partial charge is 0.314 e. The van der Waals surface area contributed by atoms with E-state index in [4.69, 9.17) is 9.26 Å². The van der Waals surface area contributed by atoms with E-state index in [1.807, 2.05) is 61.5 Å². The van der Waals surface area contributed by atoms with Crippen LogP contribution >= 0.6 is 0 Å². The lowest BCUT2D eigenvalue weighted by Gasteiger charge is -2.11. The SMILES string of the molecule is CCCCOc1cccc(Cc2c(C)noc2-c2ccc(-c3ccc(C4(C(=O)O)CC4)cc3)cc2)n1. The van der Waals surface area contributed by atoms with Gasteiger partial charge in [-0.15, -0.1) is 0 Å². The quantitative estimate of drug-likeness (QED) is 0.256. The van der Waals surface area contributed by atoms with Gasteiger partial charge in [0.15, 0.2) is 5.76 Å². The molecule has 1 N–H and O–H groups in total. The highest BCUT2D eigenvalue weighted by Gasteiger charge is 2.51. The Balaban J connectivity index is 1.33. The second-order valence-corrected chi connectivity index (χ2v) is 9.46. The van der Waals surface area contributed by atoms with Crippen LogP contribution in [0.25, 0.3) is 22.5 Å². The van der Waals surface area contributed by atoms with Gasteiger partial charge in [-0.3, -0.25) is 4.79 Å². The van der Waals surface area contributed by atoms with Gasteiger partial charge in [-0.05, 0) is 48.9 Å². The molecule has 2 aromatic carbocycles. The van der Waals surface area contributed by atoms with Crippen molar-refractivity contribution < 1.29 is 19.2 Å². The number of benzene rings is 2. The minimum absolute atomic E-state index is 0.601. The van der Waals surface area contributed by atoms with Gasteiger partial charge in [-0.25, -0.2) is 4.98 Å². The van der Waals surface area contributed by atoms with E-state index in [2.05, 4.69) is 29.2 Å². The van der Waals surface area contributed by atoms with Gasteiger partial charge in [0.2, 0.25) is 5.88 Å². The number of hydrogen-bond acceptors (Lipinski definition) is 5. The lowest BCUT2D eigenvalue weighted by molar-refractivity contribution is -0.140. The summed E-state index contributed by atoms with van der Waals surface area (Å²) in [6, 6.07) is 21.9. The highest BCUT2D eigenvalue weighted by Crippen LogP contribution is 2.48. The van der Waals surface area contributed by atoms with E-state index in [0.717, 1.165) is 57.8 Å². The number of ether oxygens (including phenoxy) is 1. The van der Waals surface area contributed by atoms with E-state index in [9.17, 15) is 9.90 Å². The minimum atomic E-state index is -0.733. The summed E-state index contributed by atoms with van der Waals surface area (Å²) in [6.07, 6.45) is 4.11. The van der Waals surface area contributed by atoms with Gasteiger partial charge < -0.3 is 14.4 Å². The lowest BCUT2D eigenvalue weighted by Crippen LogP contribution is -2.19. The maximum atomic E-state index is 11.6. The molecule has 0 unspecified atom stereocenters. The molecule has 0 radical (unpaired) electrons. The van der Waals surface area contributed by atoms with E-state index < -0.39 is 11.4 Å². The third-order valence-corrected chi connectivity index (χ3v) is 6.95. The molecule has 5 rings (SSSR count). The fourth-order valence-electron chi connectivity index (χ4n) is 4.51. The van der Waals surface area contributed by atoms with Crippen molar-refractivity contribution in [3.05, 3.63) is 89.2 Å². The fourth-order valence-corrected chi connectivity index (χ4v) is 4.51. The molecule has 36 heavy (non-hydrogen) atoms. The molecule has 6 heteroatoms. The normalized spacial score (nSPS) is 13.9. The molecule has 1 aliphatic rings. The van der Waals surface area contributed by atoms with Crippen molar-refractivity contribution in [2.75, 3.05) is 6.61 Å². The van der Waals surface area contributed by atoms with Crippen molar-refractivity contribution in [1.82, 2.24) is 10.1 Å². The number of unbranched alkanes of at least 4 members (excludes halogenated alkanes) is 1. The van der Waals surface area contributed by atoms with Crippen molar-refractivity contribution in [2.45, 2.75) is 51.4 Å². The predicted molar refractivity (Wildman–Crippen MR) is 138 cm³/mol.